The van der Waals surface area contributed by atoms with Crippen LogP contribution >= 0.6 is 11.6 Å². The van der Waals surface area contributed by atoms with Crippen LogP contribution < -0.4 is 5.32 Å². The van der Waals surface area contributed by atoms with Gasteiger partial charge >= 0.3 is 0 Å². The molecule has 0 bridgehead atoms. The van der Waals surface area contributed by atoms with Crippen LogP contribution in [0.4, 0.5) is 0 Å². The Morgan fingerprint density at radius 2 is 1.82 bits per heavy atom. The first-order chi connectivity index (χ1) is 10.7. The first-order valence-corrected chi connectivity index (χ1v) is 7.59. The number of hydrogen-bond acceptors (Lipinski definition) is 3. The number of nitrogens with zero attached hydrogens (tertiary/aromatic N) is 1. The normalized spacial score (nSPS) is 12.3. The summed E-state index contributed by atoms with van der Waals surface area (Å²) in [4.78, 5) is 4.49. The van der Waals surface area contributed by atoms with E-state index in [1.165, 1.54) is 5.56 Å². The molecule has 0 aliphatic rings. The van der Waals surface area contributed by atoms with Gasteiger partial charge in [0, 0.05) is 12.6 Å². The summed E-state index contributed by atoms with van der Waals surface area (Å²) in [6.45, 7) is 2.77. The number of oxazole rings is 1. The van der Waals surface area contributed by atoms with E-state index in [1.807, 2.05) is 42.5 Å². The van der Waals surface area contributed by atoms with Gasteiger partial charge in [0.2, 0.25) is 5.89 Å². The minimum atomic E-state index is 0.252. The van der Waals surface area contributed by atoms with Gasteiger partial charge in [-0.05, 0) is 24.6 Å². The fourth-order valence-corrected chi connectivity index (χ4v) is 2.48. The summed E-state index contributed by atoms with van der Waals surface area (Å²) in [5, 5.41) is 4.08. The monoisotopic (exact) mass is 312 g/mol. The van der Waals surface area contributed by atoms with Crippen molar-refractivity contribution in [1.29, 1.82) is 0 Å². The minimum Gasteiger partial charge on any atom is -0.444 e. The lowest BCUT2D eigenvalue weighted by molar-refractivity contribution is 0.553. The van der Waals surface area contributed by atoms with Gasteiger partial charge in [-0.1, -0.05) is 54.1 Å². The second-order valence-corrected chi connectivity index (χ2v) is 5.54. The lowest BCUT2D eigenvalue weighted by Crippen LogP contribution is -2.18. The molecule has 3 aromatic rings. The molecule has 0 aliphatic carbocycles. The van der Waals surface area contributed by atoms with Crippen molar-refractivity contribution in [2.45, 2.75) is 19.5 Å². The van der Waals surface area contributed by atoms with Crippen molar-refractivity contribution < 1.29 is 4.42 Å². The summed E-state index contributed by atoms with van der Waals surface area (Å²) in [7, 11) is 0. The highest BCUT2D eigenvalue weighted by atomic mass is 35.5. The molecule has 1 N–H and O–H groups in total. The molecule has 1 unspecified atom stereocenters. The number of aromatic nitrogens is 1. The lowest BCUT2D eigenvalue weighted by atomic mass is 10.1. The van der Waals surface area contributed by atoms with E-state index in [1.54, 1.807) is 6.26 Å². The first kappa shape index (κ1) is 14.8. The molecule has 0 fully saturated rings. The van der Waals surface area contributed by atoms with Crippen LogP contribution in [0, 0.1) is 0 Å². The van der Waals surface area contributed by atoms with Crippen LogP contribution in [0.2, 0.25) is 5.02 Å². The van der Waals surface area contributed by atoms with E-state index < -0.39 is 0 Å². The van der Waals surface area contributed by atoms with E-state index in [4.69, 9.17) is 16.0 Å². The minimum absolute atomic E-state index is 0.252. The second-order valence-electron chi connectivity index (χ2n) is 5.14. The molecule has 3 rings (SSSR count). The van der Waals surface area contributed by atoms with Gasteiger partial charge < -0.3 is 9.73 Å². The molecule has 1 atom stereocenters. The van der Waals surface area contributed by atoms with Gasteiger partial charge in [0.15, 0.2) is 0 Å². The van der Waals surface area contributed by atoms with E-state index in [9.17, 15) is 0 Å². The summed E-state index contributed by atoms with van der Waals surface area (Å²) < 4.78 is 5.53. The highest BCUT2D eigenvalue weighted by Crippen LogP contribution is 2.26. The Balaban J connectivity index is 1.67. The predicted octanol–water partition coefficient (Wildman–Crippen LogP) is 4.85. The fourth-order valence-electron chi connectivity index (χ4n) is 2.26. The highest BCUT2D eigenvalue weighted by Gasteiger charge is 2.11. The fraction of sp³-hybridized carbons (Fsp3) is 0.167. The van der Waals surface area contributed by atoms with Gasteiger partial charge in [0.25, 0.3) is 0 Å². The van der Waals surface area contributed by atoms with Crippen molar-refractivity contribution in [3.8, 4) is 11.5 Å². The molecule has 0 amide bonds. The van der Waals surface area contributed by atoms with Gasteiger partial charge in [0.1, 0.15) is 6.26 Å². The van der Waals surface area contributed by atoms with Crippen molar-refractivity contribution >= 4 is 11.6 Å². The largest absolute Gasteiger partial charge is 0.444 e. The third kappa shape index (κ3) is 3.38. The van der Waals surface area contributed by atoms with Crippen LogP contribution in [-0.4, -0.2) is 4.98 Å². The molecule has 4 heteroatoms. The summed E-state index contributed by atoms with van der Waals surface area (Å²) >= 11 is 6.16. The second kappa shape index (κ2) is 6.77. The maximum atomic E-state index is 6.16. The molecule has 1 aromatic heterocycles. The zero-order valence-corrected chi connectivity index (χ0v) is 13.0. The SMILES string of the molecule is CC(NCc1coc(-c2ccccc2Cl)n1)c1ccccc1. The van der Waals surface area contributed by atoms with Gasteiger partial charge in [-0.25, -0.2) is 4.98 Å². The Bertz CT molecular complexity index is 740. The van der Waals surface area contributed by atoms with Crippen LogP contribution in [0.1, 0.15) is 24.2 Å². The quantitative estimate of drug-likeness (QED) is 0.732. The van der Waals surface area contributed by atoms with Gasteiger partial charge in [0.05, 0.1) is 16.3 Å². The number of rotatable bonds is 5. The highest BCUT2D eigenvalue weighted by molar-refractivity contribution is 6.33. The van der Waals surface area contributed by atoms with Crippen LogP contribution in [-0.2, 0) is 6.54 Å². The molecular formula is C18H17ClN2O. The zero-order valence-electron chi connectivity index (χ0n) is 12.3. The Labute approximate surface area is 135 Å². The Morgan fingerprint density at radius 1 is 1.09 bits per heavy atom. The van der Waals surface area contributed by atoms with E-state index in [0.29, 0.717) is 17.5 Å². The molecule has 0 radical (unpaired) electrons. The van der Waals surface area contributed by atoms with Gasteiger partial charge in [-0.3, -0.25) is 0 Å². The average Bonchev–Trinajstić information content (AvgIpc) is 3.02. The summed E-state index contributed by atoms with van der Waals surface area (Å²) in [6, 6.07) is 18.1. The van der Waals surface area contributed by atoms with Crippen LogP contribution in [0.5, 0.6) is 0 Å². The maximum absolute atomic E-state index is 6.16. The lowest BCUT2D eigenvalue weighted by Gasteiger charge is -2.12. The molecule has 2 aromatic carbocycles. The molecule has 22 heavy (non-hydrogen) atoms. The molecule has 0 saturated heterocycles. The topological polar surface area (TPSA) is 38.1 Å². The smallest absolute Gasteiger partial charge is 0.227 e. The van der Waals surface area contributed by atoms with Gasteiger partial charge in [-0.15, -0.1) is 0 Å². The van der Waals surface area contributed by atoms with E-state index >= 15 is 0 Å². The standard InChI is InChI=1S/C18H17ClN2O/c1-13(14-7-3-2-4-8-14)20-11-15-12-22-18(21-15)16-9-5-6-10-17(16)19/h2-10,12-13,20H,11H2,1H3. The number of nitrogens with one attached hydrogen (secondary N) is 1. The molecule has 112 valence electrons. The first-order valence-electron chi connectivity index (χ1n) is 7.21. The van der Waals surface area contributed by atoms with E-state index in [2.05, 4.69) is 29.4 Å². The summed E-state index contributed by atoms with van der Waals surface area (Å²) in [5.74, 6) is 0.551. The van der Waals surface area contributed by atoms with E-state index in [-0.39, 0.29) is 6.04 Å². The summed E-state index contributed by atoms with van der Waals surface area (Å²) in [6.07, 6.45) is 1.67. The number of halogens is 1. The van der Waals surface area contributed by atoms with Crippen LogP contribution in [0.15, 0.2) is 65.3 Å². The van der Waals surface area contributed by atoms with Crippen molar-refractivity contribution in [3.05, 3.63) is 77.1 Å². The van der Waals surface area contributed by atoms with Crippen molar-refractivity contribution in [2.75, 3.05) is 0 Å². The van der Waals surface area contributed by atoms with Crippen molar-refractivity contribution in [3.63, 3.8) is 0 Å². The Kier molecular flexibility index (Phi) is 4.56. The van der Waals surface area contributed by atoms with Crippen molar-refractivity contribution in [2.24, 2.45) is 0 Å². The summed E-state index contributed by atoms with van der Waals surface area (Å²) in [5.41, 5.74) is 2.92. The Morgan fingerprint density at radius 3 is 2.59 bits per heavy atom. The molecule has 1 heterocycles. The Hall–Kier alpha value is -2.10. The molecule has 0 saturated carbocycles. The van der Waals surface area contributed by atoms with E-state index in [0.717, 1.165) is 11.3 Å². The maximum Gasteiger partial charge on any atom is 0.227 e. The predicted molar refractivity (Wildman–Crippen MR) is 88.6 cm³/mol. The molecule has 3 nitrogen and oxygen atoms in total. The van der Waals surface area contributed by atoms with Crippen molar-refractivity contribution in [1.82, 2.24) is 10.3 Å². The van der Waals surface area contributed by atoms with Gasteiger partial charge in [-0.2, -0.15) is 0 Å². The zero-order chi connectivity index (χ0) is 15.4. The third-order valence-corrected chi connectivity index (χ3v) is 3.87. The number of benzene rings is 2. The average molecular weight is 313 g/mol. The molecule has 0 aliphatic heterocycles. The third-order valence-electron chi connectivity index (χ3n) is 3.54. The van der Waals surface area contributed by atoms with Crippen LogP contribution in [0.3, 0.4) is 0 Å². The van der Waals surface area contributed by atoms with Crippen LogP contribution in [0.25, 0.3) is 11.5 Å². The molecular weight excluding hydrogens is 296 g/mol. The number of hydrogen-bond donors (Lipinski definition) is 1. The molecule has 0 spiro atoms.